The number of tetrazole rings is 1. The Morgan fingerprint density at radius 2 is 2.25 bits per heavy atom. The molecule has 0 spiro atoms. The molecule has 1 aromatic heterocycles. The van der Waals surface area contributed by atoms with Gasteiger partial charge in [0.25, 0.3) is 0 Å². The molecule has 6 heteroatoms. The van der Waals surface area contributed by atoms with Crippen molar-refractivity contribution in [3.63, 3.8) is 0 Å². The van der Waals surface area contributed by atoms with Gasteiger partial charge in [0.05, 0.1) is 6.54 Å². The summed E-state index contributed by atoms with van der Waals surface area (Å²) in [4.78, 5) is 0. The number of aryl methyl sites for hydroxylation is 1. The van der Waals surface area contributed by atoms with E-state index < -0.39 is 0 Å². The van der Waals surface area contributed by atoms with Gasteiger partial charge in [-0.1, -0.05) is 0 Å². The summed E-state index contributed by atoms with van der Waals surface area (Å²) < 4.78 is 14.7. The highest BCUT2D eigenvalue weighted by Crippen LogP contribution is 2.18. The fourth-order valence-corrected chi connectivity index (χ4v) is 1.47. The lowest BCUT2D eigenvalue weighted by molar-refractivity contribution is 0.602. The molecule has 0 amide bonds. The first-order valence-electron chi connectivity index (χ1n) is 4.95. The largest absolute Gasteiger partial charge is 0.329 e. The fraction of sp³-hybridized carbons (Fsp3) is 0.300. The predicted octanol–water partition coefficient (Wildman–Crippen LogP) is 0.746. The van der Waals surface area contributed by atoms with Crippen molar-refractivity contribution in [1.82, 2.24) is 20.2 Å². The van der Waals surface area contributed by atoms with Crippen molar-refractivity contribution in [3.8, 4) is 11.4 Å². The maximum absolute atomic E-state index is 13.1. The molecule has 0 atom stereocenters. The monoisotopic (exact) mass is 221 g/mol. The van der Waals surface area contributed by atoms with Gasteiger partial charge in [0, 0.05) is 12.1 Å². The summed E-state index contributed by atoms with van der Waals surface area (Å²) in [6.45, 7) is 2.70. The molecule has 1 heterocycles. The standard InChI is InChI=1S/C10H12FN5/c1-7-6-8(2-3-9(7)11)10-13-14-15-16(10)5-4-12/h2-3,6H,4-5,12H2,1H3. The third kappa shape index (κ3) is 1.92. The normalized spacial score (nSPS) is 10.7. The van der Waals surface area contributed by atoms with Crippen LogP contribution in [0.2, 0.25) is 0 Å². The summed E-state index contributed by atoms with van der Waals surface area (Å²) in [6.07, 6.45) is 0. The molecule has 0 aliphatic heterocycles. The Labute approximate surface area is 92.1 Å². The molecule has 0 aliphatic rings. The lowest BCUT2D eigenvalue weighted by Crippen LogP contribution is -2.12. The van der Waals surface area contributed by atoms with E-state index in [-0.39, 0.29) is 5.82 Å². The average Bonchev–Trinajstić information content (AvgIpc) is 2.71. The quantitative estimate of drug-likeness (QED) is 0.830. The third-order valence-electron chi connectivity index (χ3n) is 2.29. The van der Waals surface area contributed by atoms with Crippen molar-refractivity contribution < 1.29 is 4.39 Å². The first kappa shape index (κ1) is 10.7. The Morgan fingerprint density at radius 3 is 2.94 bits per heavy atom. The molecule has 2 rings (SSSR count). The van der Waals surface area contributed by atoms with Crippen molar-refractivity contribution in [2.24, 2.45) is 5.73 Å². The fourth-order valence-electron chi connectivity index (χ4n) is 1.47. The van der Waals surface area contributed by atoms with Crippen LogP contribution in [0.25, 0.3) is 11.4 Å². The van der Waals surface area contributed by atoms with Crippen LogP contribution in [0.1, 0.15) is 5.56 Å². The van der Waals surface area contributed by atoms with Gasteiger partial charge in [-0.3, -0.25) is 0 Å². The van der Waals surface area contributed by atoms with Crippen molar-refractivity contribution in [3.05, 3.63) is 29.6 Å². The smallest absolute Gasteiger partial charge is 0.182 e. The van der Waals surface area contributed by atoms with Crippen LogP contribution in [-0.2, 0) is 6.54 Å². The molecule has 2 N–H and O–H groups in total. The van der Waals surface area contributed by atoms with E-state index in [2.05, 4.69) is 15.5 Å². The maximum atomic E-state index is 13.1. The van der Waals surface area contributed by atoms with Crippen LogP contribution in [0.3, 0.4) is 0 Å². The van der Waals surface area contributed by atoms with Crippen LogP contribution >= 0.6 is 0 Å². The second kappa shape index (κ2) is 4.36. The van der Waals surface area contributed by atoms with E-state index >= 15 is 0 Å². The zero-order chi connectivity index (χ0) is 11.5. The molecule has 0 saturated carbocycles. The molecule has 16 heavy (non-hydrogen) atoms. The number of nitrogens with two attached hydrogens (primary N) is 1. The number of halogens is 1. The van der Waals surface area contributed by atoms with Crippen LogP contribution in [0.4, 0.5) is 4.39 Å². The highest BCUT2D eigenvalue weighted by Gasteiger charge is 2.09. The SMILES string of the molecule is Cc1cc(-c2nnnn2CCN)ccc1F. The van der Waals surface area contributed by atoms with Gasteiger partial charge in [-0.05, 0) is 41.1 Å². The number of aromatic nitrogens is 4. The Kier molecular flexibility index (Phi) is 2.91. The van der Waals surface area contributed by atoms with E-state index in [1.165, 1.54) is 6.07 Å². The van der Waals surface area contributed by atoms with Crippen LogP contribution in [-0.4, -0.2) is 26.8 Å². The van der Waals surface area contributed by atoms with Crippen LogP contribution < -0.4 is 5.73 Å². The second-order valence-electron chi connectivity index (χ2n) is 3.48. The van der Waals surface area contributed by atoms with E-state index in [1.807, 2.05) is 0 Å². The Bertz CT molecular complexity index is 494. The van der Waals surface area contributed by atoms with Gasteiger partial charge in [-0.25, -0.2) is 9.07 Å². The molecule has 0 aliphatic carbocycles. The summed E-state index contributed by atoms with van der Waals surface area (Å²) in [5, 5.41) is 11.3. The maximum Gasteiger partial charge on any atom is 0.182 e. The first-order chi connectivity index (χ1) is 7.72. The predicted molar refractivity (Wildman–Crippen MR) is 57.0 cm³/mol. The van der Waals surface area contributed by atoms with Crippen molar-refractivity contribution in [1.29, 1.82) is 0 Å². The van der Waals surface area contributed by atoms with E-state index in [0.717, 1.165) is 5.56 Å². The molecule has 0 radical (unpaired) electrons. The molecule has 5 nitrogen and oxygen atoms in total. The van der Waals surface area contributed by atoms with Gasteiger partial charge >= 0.3 is 0 Å². The van der Waals surface area contributed by atoms with Gasteiger partial charge in [0.15, 0.2) is 5.82 Å². The minimum atomic E-state index is -0.235. The lowest BCUT2D eigenvalue weighted by atomic mass is 10.1. The van der Waals surface area contributed by atoms with E-state index in [4.69, 9.17) is 5.73 Å². The van der Waals surface area contributed by atoms with Crippen LogP contribution in [0.15, 0.2) is 18.2 Å². The summed E-state index contributed by atoms with van der Waals surface area (Å²) in [5.41, 5.74) is 6.80. The third-order valence-corrected chi connectivity index (χ3v) is 2.29. The Balaban J connectivity index is 2.42. The highest BCUT2D eigenvalue weighted by atomic mass is 19.1. The lowest BCUT2D eigenvalue weighted by Gasteiger charge is -2.04. The number of rotatable bonds is 3. The summed E-state index contributed by atoms with van der Waals surface area (Å²) in [7, 11) is 0. The highest BCUT2D eigenvalue weighted by molar-refractivity contribution is 5.55. The van der Waals surface area contributed by atoms with Crippen molar-refractivity contribution >= 4 is 0 Å². The molecule has 84 valence electrons. The van der Waals surface area contributed by atoms with Gasteiger partial charge in [0.1, 0.15) is 5.82 Å². The zero-order valence-corrected chi connectivity index (χ0v) is 8.89. The molecular formula is C10H12FN5. The molecule has 0 bridgehead atoms. The van der Waals surface area contributed by atoms with Crippen LogP contribution in [0.5, 0.6) is 0 Å². The summed E-state index contributed by atoms with van der Waals surface area (Å²) in [5.74, 6) is 0.371. The van der Waals surface area contributed by atoms with Crippen molar-refractivity contribution in [2.75, 3.05) is 6.54 Å². The molecular weight excluding hydrogens is 209 g/mol. The number of benzene rings is 1. The minimum absolute atomic E-state index is 0.235. The van der Waals surface area contributed by atoms with E-state index in [1.54, 1.807) is 23.7 Å². The number of hydrogen-bond donors (Lipinski definition) is 1. The first-order valence-corrected chi connectivity index (χ1v) is 4.95. The molecule has 0 fully saturated rings. The average molecular weight is 221 g/mol. The van der Waals surface area contributed by atoms with Gasteiger partial charge in [-0.2, -0.15) is 0 Å². The zero-order valence-electron chi connectivity index (χ0n) is 8.89. The number of hydrogen-bond acceptors (Lipinski definition) is 4. The minimum Gasteiger partial charge on any atom is -0.329 e. The summed E-state index contributed by atoms with van der Waals surface area (Å²) in [6, 6.07) is 4.78. The topological polar surface area (TPSA) is 69.6 Å². The Hall–Kier alpha value is -1.82. The van der Waals surface area contributed by atoms with E-state index in [9.17, 15) is 4.39 Å². The summed E-state index contributed by atoms with van der Waals surface area (Å²) >= 11 is 0. The molecule has 1 aromatic carbocycles. The van der Waals surface area contributed by atoms with Gasteiger partial charge in [0.2, 0.25) is 0 Å². The van der Waals surface area contributed by atoms with E-state index in [0.29, 0.717) is 24.5 Å². The Morgan fingerprint density at radius 1 is 1.44 bits per heavy atom. The second-order valence-corrected chi connectivity index (χ2v) is 3.48. The van der Waals surface area contributed by atoms with Crippen molar-refractivity contribution in [2.45, 2.75) is 13.5 Å². The molecule has 0 unspecified atom stereocenters. The molecule has 0 saturated heterocycles. The van der Waals surface area contributed by atoms with Gasteiger partial charge in [-0.15, -0.1) is 5.10 Å². The molecule has 2 aromatic rings. The van der Waals surface area contributed by atoms with Gasteiger partial charge < -0.3 is 5.73 Å². The number of nitrogens with zero attached hydrogens (tertiary/aromatic N) is 4. The van der Waals surface area contributed by atoms with Crippen LogP contribution in [0, 0.1) is 12.7 Å².